The highest BCUT2D eigenvalue weighted by Crippen LogP contribution is 2.29. The Bertz CT molecular complexity index is 993. The Balaban J connectivity index is 1.76. The van der Waals surface area contributed by atoms with Crippen LogP contribution in [0.5, 0.6) is 5.75 Å². The van der Waals surface area contributed by atoms with Crippen molar-refractivity contribution in [2.75, 3.05) is 11.9 Å². The van der Waals surface area contributed by atoms with Gasteiger partial charge < -0.3 is 19.5 Å². The maximum absolute atomic E-state index is 13.5. The molecule has 6 nitrogen and oxygen atoms in total. The molecule has 0 aliphatic rings. The third kappa shape index (κ3) is 7.89. The molecular formula is C23H24F5NO5. The number of ether oxygens (including phenoxy) is 3. The standard InChI is InChI=1S/C23H24F5NO5/c1-23(2,3)34-15(30)6-4-5-11-29-14-9-7-13(8-10-14)12-32-22(31)33-21-19(27)17(25)16(24)18(26)20(21)28/h7-10,29H,4-6,11-12H2,1-3H3. The van der Waals surface area contributed by atoms with Crippen molar-refractivity contribution < 1.29 is 45.8 Å². The Kier molecular flexibility index (Phi) is 9.22. The average molecular weight is 489 g/mol. The predicted molar refractivity (Wildman–Crippen MR) is 112 cm³/mol. The summed E-state index contributed by atoms with van der Waals surface area (Å²) in [6.07, 6.45) is 0.0542. The molecule has 0 amide bonds. The van der Waals surface area contributed by atoms with Gasteiger partial charge in [0.1, 0.15) is 12.2 Å². The Morgan fingerprint density at radius 2 is 1.41 bits per heavy atom. The lowest BCUT2D eigenvalue weighted by atomic mass is 10.2. The number of carbonyl (C=O) groups is 2. The van der Waals surface area contributed by atoms with Crippen LogP contribution in [0.15, 0.2) is 24.3 Å². The lowest BCUT2D eigenvalue weighted by molar-refractivity contribution is -0.154. The zero-order valence-corrected chi connectivity index (χ0v) is 18.8. The molecule has 0 spiro atoms. The second-order valence-corrected chi connectivity index (χ2v) is 8.21. The van der Waals surface area contributed by atoms with E-state index >= 15 is 0 Å². The van der Waals surface area contributed by atoms with Crippen LogP contribution in [0.4, 0.5) is 32.4 Å². The monoisotopic (exact) mass is 489 g/mol. The van der Waals surface area contributed by atoms with Crippen LogP contribution < -0.4 is 10.1 Å². The Hall–Kier alpha value is -3.37. The third-order valence-corrected chi connectivity index (χ3v) is 4.22. The first-order valence-electron chi connectivity index (χ1n) is 10.3. The van der Waals surface area contributed by atoms with Crippen molar-refractivity contribution >= 4 is 17.8 Å². The predicted octanol–water partition coefficient (Wildman–Crippen LogP) is 6.02. The van der Waals surface area contributed by atoms with E-state index in [4.69, 9.17) is 4.74 Å². The minimum absolute atomic E-state index is 0.254. The molecule has 0 radical (unpaired) electrons. The maximum Gasteiger partial charge on any atom is 0.514 e. The lowest BCUT2D eigenvalue weighted by Gasteiger charge is -2.19. The van der Waals surface area contributed by atoms with Crippen LogP contribution >= 0.6 is 0 Å². The first kappa shape index (κ1) is 26.9. The molecule has 0 heterocycles. The molecule has 186 valence electrons. The van der Waals surface area contributed by atoms with Crippen molar-refractivity contribution in [3.8, 4) is 5.75 Å². The van der Waals surface area contributed by atoms with Gasteiger partial charge in [-0.15, -0.1) is 0 Å². The number of anilines is 1. The molecule has 0 atom stereocenters. The molecular weight excluding hydrogens is 465 g/mol. The molecule has 0 saturated carbocycles. The van der Waals surface area contributed by atoms with Crippen LogP contribution in [-0.2, 0) is 20.9 Å². The smallest absolute Gasteiger partial charge is 0.460 e. The number of carbonyl (C=O) groups excluding carboxylic acids is 2. The van der Waals surface area contributed by atoms with Crippen LogP contribution in [0.3, 0.4) is 0 Å². The van der Waals surface area contributed by atoms with Crippen molar-refractivity contribution in [1.82, 2.24) is 0 Å². The summed E-state index contributed by atoms with van der Waals surface area (Å²) in [5, 5.41) is 3.15. The van der Waals surface area contributed by atoms with Crippen LogP contribution in [0, 0.1) is 29.1 Å². The highest BCUT2D eigenvalue weighted by molar-refractivity contribution is 5.69. The van der Waals surface area contributed by atoms with E-state index in [1.807, 2.05) is 0 Å². The number of nitrogens with one attached hydrogen (secondary N) is 1. The van der Waals surface area contributed by atoms with Crippen molar-refractivity contribution in [3.05, 3.63) is 58.9 Å². The largest absolute Gasteiger partial charge is 0.514 e. The molecule has 0 aromatic heterocycles. The SMILES string of the molecule is CC(C)(C)OC(=O)CCCCNc1ccc(COC(=O)Oc2c(F)c(F)c(F)c(F)c2F)cc1. The van der Waals surface area contributed by atoms with Gasteiger partial charge in [0.25, 0.3) is 0 Å². The molecule has 2 aromatic rings. The van der Waals surface area contributed by atoms with Gasteiger partial charge in [-0.2, -0.15) is 8.78 Å². The summed E-state index contributed by atoms with van der Waals surface area (Å²) in [5.74, 6) is -13.4. The summed E-state index contributed by atoms with van der Waals surface area (Å²) in [5.41, 5.74) is 0.718. The molecule has 0 unspecified atom stereocenters. The fraction of sp³-hybridized carbons (Fsp3) is 0.391. The molecule has 0 saturated heterocycles. The summed E-state index contributed by atoms with van der Waals surface area (Å²) in [6, 6.07) is 6.55. The second kappa shape index (κ2) is 11.7. The highest BCUT2D eigenvalue weighted by atomic mass is 19.2. The topological polar surface area (TPSA) is 73.9 Å². The zero-order chi connectivity index (χ0) is 25.5. The van der Waals surface area contributed by atoms with Gasteiger partial charge in [0.05, 0.1) is 0 Å². The number of hydrogen-bond acceptors (Lipinski definition) is 6. The van der Waals surface area contributed by atoms with Crippen LogP contribution in [-0.4, -0.2) is 24.3 Å². The van der Waals surface area contributed by atoms with E-state index in [-0.39, 0.29) is 12.6 Å². The van der Waals surface area contributed by atoms with Gasteiger partial charge in [0.15, 0.2) is 0 Å². The van der Waals surface area contributed by atoms with Gasteiger partial charge in [-0.1, -0.05) is 12.1 Å². The van der Waals surface area contributed by atoms with E-state index < -0.39 is 46.6 Å². The van der Waals surface area contributed by atoms with Crippen molar-refractivity contribution in [3.63, 3.8) is 0 Å². The first-order valence-corrected chi connectivity index (χ1v) is 10.3. The second-order valence-electron chi connectivity index (χ2n) is 8.21. The fourth-order valence-electron chi connectivity index (χ4n) is 2.67. The van der Waals surface area contributed by atoms with Gasteiger partial charge >= 0.3 is 12.1 Å². The number of halogens is 5. The van der Waals surface area contributed by atoms with E-state index in [2.05, 4.69) is 14.8 Å². The Labute approximate surface area is 193 Å². The quantitative estimate of drug-likeness (QED) is 0.116. The van der Waals surface area contributed by atoms with Crippen molar-refractivity contribution in [2.24, 2.45) is 0 Å². The van der Waals surface area contributed by atoms with Gasteiger partial charge in [-0.25, -0.2) is 18.0 Å². The van der Waals surface area contributed by atoms with Gasteiger partial charge in [-0.3, -0.25) is 4.79 Å². The van der Waals surface area contributed by atoms with E-state index in [1.54, 1.807) is 45.0 Å². The van der Waals surface area contributed by atoms with Gasteiger partial charge in [0.2, 0.25) is 34.8 Å². The number of benzene rings is 2. The fourth-order valence-corrected chi connectivity index (χ4v) is 2.67. The number of hydrogen-bond donors (Lipinski definition) is 1. The highest BCUT2D eigenvalue weighted by Gasteiger charge is 2.29. The summed E-state index contributed by atoms with van der Waals surface area (Å²) in [7, 11) is 0. The van der Waals surface area contributed by atoms with Gasteiger partial charge in [-0.05, 0) is 51.3 Å². The van der Waals surface area contributed by atoms with Crippen molar-refractivity contribution in [1.29, 1.82) is 0 Å². The molecule has 0 aliphatic carbocycles. The Morgan fingerprint density at radius 1 is 0.853 bits per heavy atom. The average Bonchev–Trinajstić information content (AvgIpc) is 2.77. The molecule has 1 N–H and O–H groups in total. The first-order chi connectivity index (χ1) is 15.9. The van der Waals surface area contributed by atoms with E-state index in [0.29, 0.717) is 24.9 Å². The Morgan fingerprint density at radius 3 is 1.97 bits per heavy atom. The number of esters is 1. The molecule has 2 rings (SSSR count). The zero-order valence-electron chi connectivity index (χ0n) is 18.8. The van der Waals surface area contributed by atoms with Gasteiger partial charge in [0, 0.05) is 18.7 Å². The number of rotatable bonds is 9. The summed E-state index contributed by atoms with van der Waals surface area (Å²) in [4.78, 5) is 23.3. The third-order valence-electron chi connectivity index (χ3n) is 4.22. The van der Waals surface area contributed by atoms with Crippen molar-refractivity contribution in [2.45, 2.75) is 52.2 Å². The minimum atomic E-state index is -2.37. The summed E-state index contributed by atoms with van der Waals surface area (Å²) < 4.78 is 80.4. The van der Waals surface area contributed by atoms with Crippen LogP contribution in [0.1, 0.15) is 45.6 Å². The summed E-state index contributed by atoms with van der Waals surface area (Å²) in [6.45, 7) is 5.64. The maximum atomic E-state index is 13.5. The molecule has 0 fully saturated rings. The molecule has 11 heteroatoms. The molecule has 34 heavy (non-hydrogen) atoms. The van der Waals surface area contributed by atoms with E-state index in [1.165, 1.54) is 0 Å². The molecule has 2 aromatic carbocycles. The van der Waals surface area contributed by atoms with E-state index in [0.717, 1.165) is 12.1 Å². The van der Waals surface area contributed by atoms with Crippen LogP contribution in [0.2, 0.25) is 0 Å². The number of unbranched alkanes of at least 4 members (excludes halogenated alkanes) is 1. The molecule has 0 aliphatic heterocycles. The van der Waals surface area contributed by atoms with Crippen LogP contribution in [0.25, 0.3) is 0 Å². The minimum Gasteiger partial charge on any atom is -0.460 e. The molecule has 0 bridgehead atoms. The lowest BCUT2D eigenvalue weighted by Crippen LogP contribution is -2.23. The normalized spacial score (nSPS) is 11.2. The summed E-state index contributed by atoms with van der Waals surface area (Å²) >= 11 is 0. The van der Waals surface area contributed by atoms with E-state index in [9.17, 15) is 31.5 Å².